The summed E-state index contributed by atoms with van der Waals surface area (Å²) in [6, 6.07) is 11.9. The number of aromatic nitrogens is 1. The summed E-state index contributed by atoms with van der Waals surface area (Å²) in [5.41, 5.74) is 2.36. The Balaban J connectivity index is 1.81. The van der Waals surface area contributed by atoms with Crippen LogP contribution in [0.5, 0.6) is 5.75 Å². The smallest absolute Gasteiger partial charge is 0.191 e. The zero-order chi connectivity index (χ0) is 17.9. The molecule has 2 aromatic rings. The first-order chi connectivity index (χ1) is 12.2. The summed E-state index contributed by atoms with van der Waals surface area (Å²) in [5, 5.41) is 7.13. The van der Waals surface area contributed by atoms with Crippen LogP contribution in [-0.4, -0.2) is 37.7 Å². The molecule has 1 heterocycles. The molecule has 1 aromatic carbocycles. The van der Waals surface area contributed by atoms with E-state index in [9.17, 15) is 0 Å². The maximum absolute atomic E-state index is 5.80. The van der Waals surface area contributed by atoms with Crippen LogP contribution in [0.1, 0.15) is 18.1 Å². The number of nitrogens with one attached hydrogen (secondary N) is 2. The minimum atomic E-state index is 0.518. The molecule has 0 atom stereocenters. The molecule has 0 aliphatic carbocycles. The molecule has 0 radical (unpaired) electrons. The summed E-state index contributed by atoms with van der Waals surface area (Å²) in [7, 11) is 1.68. The number of rotatable bonds is 8. The highest BCUT2D eigenvalue weighted by molar-refractivity contribution is 6.29. The van der Waals surface area contributed by atoms with E-state index in [-0.39, 0.29) is 0 Å². The monoisotopic (exact) mass is 360 g/mol. The number of aliphatic imine (C=N–C) groups is 1. The van der Waals surface area contributed by atoms with Crippen molar-refractivity contribution < 1.29 is 4.74 Å². The van der Waals surface area contributed by atoms with Gasteiger partial charge >= 0.3 is 0 Å². The number of halogens is 1. The quantitative estimate of drug-likeness (QED) is 0.431. The molecule has 25 heavy (non-hydrogen) atoms. The third kappa shape index (κ3) is 7.01. The van der Waals surface area contributed by atoms with Crippen LogP contribution >= 0.6 is 11.6 Å². The van der Waals surface area contributed by atoms with Gasteiger partial charge in [0.1, 0.15) is 10.9 Å². The third-order valence-electron chi connectivity index (χ3n) is 3.64. The second-order valence-electron chi connectivity index (χ2n) is 5.53. The lowest BCUT2D eigenvalue weighted by atomic mass is 10.1. The van der Waals surface area contributed by atoms with Crippen molar-refractivity contribution in [2.45, 2.75) is 19.8 Å². The first kappa shape index (κ1) is 19.1. The van der Waals surface area contributed by atoms with Crippen LogP contribution in [-0.2, 0) is 12.8 Å². The highest BCUT2D eigenvalue weighted by Crippen LogP contribution is 2.12. The van der Waals surface area contributed by atoms with Gasteiger partial charge in [-0.25, -0.2) is 4.98 Å². The molecule has 1 aromatic heterocycles. The number of guanidine groups is 1. The van der Waals surface area contributed by atoms with Gasteiger partial charge < -0.3 is 15.4 Å². The van der Waals surface area contributed by atoms with Gasteiger partial charge in [-0.05, 0) is 49.1 Å². The van der Waals surface area contributed by atoms with Crippen LogP contribution < -0.4 is 15.4 Å². The molecule has 2 rings (SSSR count). The Morgan fingerprint density at radius 3 is 2.76 bits per heavy atom. The zero-order valence-electron chi connectivity index (χ0n) is 14.8. The molecule has 0 amide bonds. The van der Waals surface area contributed by atoms with Crippen LogP contribution in [0.2, 0.25) is 5.15 Å². The van der Waals surface area contributed by atoms with Gasteiger partial charge in [-0.1, -0.05) is 29.8 Å². The molecule has 2 N–H and O–H groups in total. The summed E-state index contributed by atoms with van der Waals surface area (Å²) < 4.78 is 5.25. The Hall–Kier alpha value is -2.27. The third-order valence-corrected chi connectivity index (χ3v) is 3.87. The van der Waals surface area contributed by atoms with Crippen molar-refractivity contribution >= 4 is 17.6 Å². The van der Waals surface area contributed by atoms with E-state index in [1.54, 1.807) is 13.3 Å². The van der Waals surface area contributed by atoms with E-state index >= 15 is 0 Å². The van der Waals surface area contributed by atoms with Crippen molar-refractivity contribution in [2.24, 2.45) is 4.99 Å². The van der Waals surface area contributed by atoms with Crippen molar-refractivity contribution in [1.29, 1.82) is 0 Å². The molecule has 0 spiro atoms. The fourth-order valence-electron chi connectivity index (χ4n) is 2.35. The standard InChI is InChI=1S/C19H25ClN4O/c1-3-21-19(23-12-10-16-7-8-18(20)24-14-16)22-11-9-15-5-4-6-17(13-15)25-2/h4-8,13-14H,3,9-12H2,1-2H3,(H2,21,22,23). The molecule has 0 unspecified atom stereocenters. The maximum atomic E-state index is 5.80. The van der Waals surface area contributed by atoms with Gasteiger partial charge in [0.15, 0.2) is 5.96 Å². The summed E-state index contributed by atoms with van der Waals surface area (Å²) in [6.45, 7) is 4.38. The fraction of sp³-hybridized carbons (Fsp3) is 0.368. The van der Waals surface area contributed by atoms with Crippen molar-refractivity contribution in [3.8, 4) is 5.75 Å². The Morgan fingerprint density at radius 1 is 1.16 bits per heavy atom. The molecular weight excluding hydrogens is 336 g/mol. The van der Waals surface area contributed by atoms with E-state index in [1.807, 2.05) is 30.3 Å². The van der Waals surface area contributed by atoms with Gasteiger partial charge in [-0.2, -0.15) is 0 Å². The summed E-state index contributed by atoms with van der Waals surface area (Å²) in [4.78, 5) is 8.72. The zero-order valence-corrected chi connectivity index (χ0v) is 15.5. The summed E-state index contributed by atoms with van der Waals surface area (Å²) in [6.07, 6.45) is 3.54. The molecule has 0 bridgehead atoms. The maximum Gasteiger partial charge on any atom is 0.191 e. The normalized spacial score (nSPS) is 11.2. The molecule has 5 nitrogen and oxygen atoms in total. The second-order valence-corrected chi connectivity index (χ2v) is 5.92. The van der Waals surface area contributed by atoms with Gasteiger partial charge in [0.05, 0.1) is 7.11 Å². The lowest BCUT2D eigenvalue weighted by Crippen LogP contribution is -2.38. The molecule has 0 saturated heterocycles. The fourth-order valence-corrected chi connectivity index (χ4v) is 2.46. The molecule has 0 fully saturated rings. The van der Waals surface area contributed by atoms with E-state index in [0.29, 0.717) is 11.7 Å². The topological polar surface area (TPSA) is 58.5 Å². The van der Waals surface area contributed by atoms with Crippen molar-refractivity contribution in [3.63, 3.8) is 0 Å². The van der Waals surface area contributed by atoms with E-state index in [0.717, 1.165) is 43.2 Å². The van der Waals surface area contributed by atoms with Crippen LogP contribution in [0.25, 0.3) is 0 Å². The van der Waals surface area contributed by atoms with Crippen molar-refractivity contribution in [3.05, 3.63) is 58.9 Å². The van der Waals surface area contributed by atoms with Gasteiger partial charge in [0, 0.05) is 25.8 Å². The first-order valence-electron chi connectivity index (χ1n) is 8.47. The van der Waals surface area contributed by atoms with E-state index in [4.69, 9.17) is 16.3 Å². The molecule has 0 saturated carbocycles. The summed E-state index contributed by atoms with van der Waals surface area (Å²) in [5.74, 6) is 1.70. The Labute approximate surface area is 154 Å². The SMILES string of the molecule is CCNC(=NCCc1cccc(OC)c1)NCCc1ccc(Cl)nc1. The molecule has 0 aliphatic heterocycles. The number of ether oxygens (including phenoxy) is 1. The number of methoxy groups -OCH3 is 1. The van der Waals surface area contributed by atoms with Gasteiger partial charge in [-0.15, -0.1) is 0 Å². The lowest BCUT2D eigenvalue weighted by molar-refractivity contribution is 0.414. The number of pyridine rings is 1. The van der Waals surface area contributed by atoms with Crippen LogP contribution in [0.4, 0.5) is 0 Å². The number of hydrogen-bond acceptors (Lipinski definition) is 3. The van der Waals surface area contributed by atoms with E-state index in [1.165, 1.54) is 5.56 Å². The first-order valence-corrected chi connectivity index (χ1v) is 8.84. The number of benzene rings is 1. The Morgan fingerprint density at radius 2 is 2.04 bits per heavy atom. The Bertz CT molecular complexity index is 673. The van der Waals surface area contributed by atoms with Crippen LogP contribution in [0.15, 0.2) is 47.6 Å². The minimum Gasteiger partial charge on any atom is -0.497 e. The predicted molar refractivity (Wildman–Crippen MR) is 104 cm³/mol. The average Bonchev–Trinajstić information content (AvgIpc) is 2.63. The lowest BCUT2D eigenvalue weighted by Gasteiger charge is -2.11. The largest absolute Gasteiger partial charge is 0.497 e. The number of nitrogens with zero attached hydrogens (tertiary/aromatic N) is 2. The average molecular weight is 361 g/mol. The highest BCUT2D eigenvalue weighted by atomic mass is 35.5. The van der Waals surface area contributed by atoms with Gasteiger partial charge in [-0.3, -0.25) is 4.99 Å². The second kappa shape index (κ2) is 10.6. The van der Waals surface area contributed by atoms with E-state index in [2.05, 4.69) is 33.6 Å². The minimum absolute atomic E-state index is 0.518. The van der Waals surface area contributed by atoms with Gasteiger partial charge in [0.25, 0.3) is 0 Å². The van der Waals surface area contributed by atoms with Gasteiger partial charge in [0.2, 0.25) is 0 Å². The molecule has 134 valence electrons. The van der Waals surface area contributed by atoms with Crippen LogP contribution in [0.3, 0.4) is 0 Å². The molecule has 6 heteroatoms. The van der Waals surface area contributed by atoms with Crippen LogP contribution in [0, 0.1) is 0 Å². The highest BCUT2D eigenvalue weighted by Gasteiger charge is 2.00. The Kier molecular flexibility index (Phi) is 8.05. The summed E-state index contributed by atoms with van der Waals surface area (Å²) >= 11 is 5.80. The van der Waals surface area contributed by atoms with Crippen molar-refractivity contribution in [2.75, 3.05) is 26.7 Å². The number of hydrogen-bond donors (Lipinski definition) is 2. The van der Waals surface area contributed by atoms with Crippen molar-refractivity contribution in [1.82, 2.24) is 15.6 Å². The molecule has 0 aliphatic rings. The molecular formula is C19H25ClN4O. The van der Waals surface area contributed by atoms with E-state index < -0.39 is 0 Å². The predicted octanol–water partition coefficient (Wildman–Crippen LogP) is 3.08.